The van der Waals surface area contributed by atoms with E-state index in [9.17, 15) is 4.21 Å². The van der Waals surface area contributed by atoms with Crippen LogP contribution < -0.4 is 5.73 Å². The number of rotatable bonds is 4. The SMILES string of the molecule is NC(CS(=O)c1ccc2ccccc2c1)C1CCOC1. The summed E-state index contributed by atoms with van der Waals surface area (Å²) in [6.07, 6.45) is 0.982. The second-order valence-corrected chi connectivity index (χ2v) is 6.80. The Kier molecular flexibility index (Phi) is 4.15. The van der Waals surface area contributed by atoms with Gasteiger partial charge >= 0.3 is 0 Å². The zero-order valence-corrected chi connectivity index (χ0v) is 12.1. The molecule has 2 N–H and O–H groups in total. The van der Waals surface area contributed by atoms with E-state index in [0.29, 0.717) is 18.3 Å². The molecule has 0 aromatic heterocycles. The molecule has 1 fully saturated rings. The highest BCUT2D eigenvalue weighted by atomic mass is 32.2. The molecule has 0 spiro atoms. The highest BCUT2D eigenvalue weighted by molar-refractivity contribution is 7.85. The van der Waals surface area contributed by atoms with Crippen molar-refractivity contribution in [2.24, 2.45) is 11.7 Å². The van der Waals surface area contributed by atoms with Crippen molar-refractivity contribution in [3.63, 3.8) is 0 Å². The molecule has 1 heterocycles. The molecule has 0 aliphatic carbocycles. The minimum absolute atomic E-state index is 0.0511. The van der Waals surface area contributed by atoms with Gasteiger partial charge in [0.25, 0.3) is 0 Å². The third-order valence-electron chi connectivity index (χ3n) is 3.90. The van der Waals surface area contributed by atoms with Crippen LogP contribution in [-0.4, -0.2) is 29.2 Å². The minimum atomic E-state index is -1.05. The van der Waals surface area contributed by atoms with Crippen LogP contribution in [0.5, 0.6) is 0 Å². The van der Waals surface area contributed by atoms with Crippen LogP contribution in [-0.2, 0) is 15.5 Å². The lowest BCUT2D eigenvalue weighted by molar-refractivity contribution is 0.182. The summed E-state index contributed by atoms with van der Waals surface area (Å²) in [7, 11) is -1.05. The van der Waals surface area contributed by atoms with Crippen LogP contribution >= 0.6 is 0 Å². The van der Waals surface area contributed by atoms with Gasteiger partial charge in [0.1, 0.15) is 0 Å². The third kappa shape index (κ3) is 2.92. The first-order valence-electron chi connectivity index (χ1n) is 6.94. The molecule has 3 atom stereocenters. The number of nitrogens with two attached hydrogens (primary N) is 1. The molecule has 1 aliphatic rings. The van der Waals surface area contributed by atoms with Crippen LogP contribution in [0, 0.1) is 5.92 Å². The van der Waals surface area contributed by atoms with Gasteiger partial charge in [-0.05, 0) is 29.3 Å². The monoisotopic (exact) mass is 289 g/mol. The number of hydrogen-bond donors (Lipinski definition) is 1. The maximum Gasteiger partial charge on any atom is 0.0545 e. The molecule has 3 unspecified atom stereocenters. The zero-order chi connectivity index (χ0) is 13.9. The Morgan fingerprint density at radius 3 is 2.80 bits per heavy atom. The Balaban J connectivity index is 1.74. The lowest BCUT2D eigenvalue weighted by Crippen LogP contribution is -2.35. The lowest BCUT2D eigenvalue weighted by Gasteiger charge is -2.17. The van der Waals surface area contributed by atoms with E-state index < -0.39 is 10.8 Å². The number of benzene rings is 2. The first-order valence-corrected chi connectivity index (χ1v) is 8.26. The van der Waals surface area contributed by atoms with Crippen molar-refractivity contribution in [1.82, 2.24) is 0 Å². The Morgan fingerprint density at radius 1 is 1.25 bits per heavy atom. The zero-order valence-electron chi connectivity index (χ0n) is 11.3. The molecule has 1 aliphatic heterocycles. The molecule has 0 bridgehead atoms. The third-order valence-corrected chi connectivity index (χ3v) is 5.37. The normalized spacial score (nSPS) is 21.9. The first kappa shape index (κ1) is 13.7. The number of fused-ring (bicyclic) bond motifs is 1. The van der Waals surface area contributed by atoms with Crippen molar-refractivity contribution < 1.29 is 8.95 Å². The summed E-state index contributed by atoms with van der Waals surface area (Å²) in [5.74, 6) is 0.853. The van der Waals surface area contributed by atoms with E-state index in [2.05, 4.69) is 6.07 Å². The highest BCUT2D eigenvalue weighted by Crippen LogP contribution is 2.21. The van der Waals surface area contributed by atoms with Crippen LogP contribution in [0.15, 0.2) is 47.4 Å². The average molecular weight is 289 g/mol. The van der Waals surface area contributed by atoms with E-state index >= 15 is 0 Å². The van der Waals surface area contributed by atoms with Crippen LogP contribution in [0.1, 0.15) is 6.42 Å². The quantitative estimate of drug-likeness (QED) is 0.939. The molecule has 20 heavy (non-hydrogen) atoms. The molecule has 4 heteroatoms. The van der Waals surface area contributed by atoms with E-state index in [0.717, 1.165) is 23.3 Å². The fourth-order valence-electron chi connectivity index (χ4n) is 2.61. The van der Waals surface area contributed by atoms with Gasteiger partial charge in [-0.2, -0.15) is 0 Å². The summed E-state index contributed by atoms with van der Waals surface area (Å²) in [6, 6.07) is 14.0. The molecule has 3 rings (SSSR count). The maximum atomic E-state index is 12.4. The molecule has 1 saturated heterocycles. The molecular formula is C16H19NO2S. The van der Waals surface area contributed by atoms with Gasteiger partial charge in [0.2, 0.25) is 0 Å². The van der Waals surface area contributed by atoms with E-state index in [1.54, 1.807) is 0 Å². The van der Waals surface area contributed by atoms with Crippen LogP contribution in [0.25, 0.3) is 10.8 Å². The summed E-state index contributed by atoms with van der Waals surface area (Å²) >= 11 is 0. The molecule has 106 valence electrons. The number of hydrogen-bond acceptors (Lipinski definition) is 3. The van der Waals surface area contributed by atoms with Gasteiger partial charge in [-0.3, -0.25) is 4.21 Å². The van der Waals surface area contributed by atoms with Crippen molar-refractivity contribution in [2.45, 2.75) is 17.4 Å². The molecule has 0 amide bonds. The van der Waals surface area contributed by atoms with E-state index in [1.165, 1.54) is 5.39 Å². The summed E-state index contributed by atoms with van der Waals surface area (Å²) in [5, 5.41) is 2.29. The lowest BCUT2D eigenvalue weighted by atomic mass is 10.0. The van der Waals surface area contributed by atoms with E-state index in [1.807, 2.05) is 36.4 Å². The van der Waals surface area contributed by atoms with Gasteiger partial charge in [0, 0.05) is 29.2 Å². The van der Waals surface area contributed by atoms with Crippen LogP contribution in [0.2, 0.25) is 0 Å². The molecular weight excluding hydrogens is 270 g/mol. The summed E-state index contributed by atoms with van der Waals surface area (Å²) in [5.41, 5.74) is 6.16. The Hall–Kier alpha value is -1.23. The molecule has 0 radical (unpaired) electrons. The Labute approximate surface area is 121 Å². The van der Waals surface area contributed by atoms with Gasteiger partial charge < -0.3 is 10.5 Å². The van der Waals surface area contributed by atoms with Crippen molar-refractivity contribution >= 4 is 21.6 Å². The topological polar surface area (TPSA) is 52.3 Å². The standard InChI is InChI=1S/C16H19NO2S/c17-16(14-7-8-19-10-14)11-20(18)15-6-5-12-3-1-2-4-13(12)9-15/h1-6,9,14,16H,7-8,10-11,17H2. The van der Waals surface area contributed by atoms with E-state index in [4.69, 9.17) is 10.5 Å². The van der Waals surface area contributed by atoms with Crippen LogP contribution in [0.3, 0.4) is 0 Å². The first-order chi connectivity index (χ1) is 9.74. The molecule has 3 nitrogen and oxygen atoms in total. The summed E-state index contributed by atoms with van der Waals surface area (Å²) in [6.45, 7) is 1.48. The van der Waals surface area contributed by atoms with Gasteiger partial charge in [0.05, 0.1) is 17.4 Å². The average Bonchev–Trinajstić information content (AvgIpc) is 3.01. The van der Waals surface area contributed by atoms with Crippen LogP contribution in [0.4, 0.5) is 0 Å². The van der Waals surface area contributed by atoms with Gasteiger partial charge in [-0.1, -0.05) is 30.3 Å². The molecule has 0 saturated carbocycles. The maximum absolute atomic E-state index is 12.4. The predicted octanol–water partition coefficient (Wildman–Crippen LogP) is 2.31. The highest BCUT2D eigenvalue weighted by Gasteiger charge is 2.24. The van der Waals surface area contributed by atoms with Crippen molar-refractivity contribution in [3.8, 4) is 0 Å². The van der Waals surface area contributed by atoms with E-state index in [-0.39, 0.29) is 6.04 Å². The Morgan fingerprint density at radius 2 is 2.05 bits per heavy atom. The van der Waals surface area contributed by atoms with Crippen molar-refractivity contribution in [3.05, 3.63) is 42.5 Å². The summed E-state index contributed by atoms with van der Waals surface area (Å²) < 4.78 is 17.8. The Bertz CT molecular complexity index is 623. The van der Waals surface area contributed by atoms with Crippen molar-refractivity contribution in [1.29, 1.82) is 0 Å². The fraction of sp³-hybridized carbons (Fsp3) is 0.375. The predicted molar refractivity (Wildman–Crippen MR) is 82.1 cm³/mol. The van der Waals surface area contributed by atoms with Gasteiger partial charge in [0.15, 0.2) is 0 Å². The summed E-state index contributed by atoms with van der Waals surface area (Å²) in [4.78, 5) is 0.859. The fourth-order valence-corrected chi connectivity index (χ4v) is 3.90. The second-order valence-electron chi connectivity index (χ2n) is 5.31. The molecule has 2 aromatic rings. The molecule has 2 aromatic carbocycles. The van der Waals surface area contributed by atoms with Crippen molar-refractivity contribution in [2.75, 3.05) is 19.0 Å². The number of ether oxygens (including phenoxy) is 1. The smallest absolute Gasteiger partial charge is 0.0545 e. The second kappa shape index (κ2) is 6.04. The largest absolute Gasteiger partial charge is 0.381 e. The van der Waals surface area contributed by atoms with Gasteiger partial charge in [-0.25, -0.2) is 0 Å². The van der Waals surface area contributed by atoms with Gasteiger partial charge in [-0.15, -0.1) is 0 Å². The minimum Gasteiger partial charge on any atom is -0.381 e.